The van der Waals surface area contributed by atoms with Gasteiger partial charge in [-0.2, -0.15) is 0 Å². The first kappa shape index (κ1) is 27.1. The van der Waals surface area contributed by atoms with Crippen LogP contribution in [0.25, 0.3) is 0 Å². The molecule has 0 saturated carbocycles. The van der Waals surface area contributed by atoms with Crippen LogP contribution in [0, 0.1) is 0 Å². The maximum atomic E-state index is 13.6. The van der Waals surface area contributed by atoms with Crippen molar-refractivity contribution >= 4 is 59.2 Å². The van der Waals surface area contributed by atoms with Crippen LogP contribution in [0.15, 0.2) is 29.4 Å². The van der Waals surface area contributed by atoms with Crippen LogP contribution in [0.5, 0.6) is 0 Å². The molecule has 1 aliphatic heterocycles. The van der Waals surface area contributed by atoms with E-state index in [4.69, 9.17) is 46.8 Å². The number of nitrogens with zero attached hydrogens (tertiary/aromatic N) is 2. The normalized spacial score (nSPS) is 20.9. The number of carbonyl (C=O) groups excluding carboxylic acids is 1. The molecule has 31 heavy (non-hydrogen) atoms. The van der Waals surface area contributed by atoms with Gasteiger partial charge in [0.05, 0.1) is 30.9 Å². The van der Waals surface area contributed by atoms with Gasteiger partial charge in [-0.05, 0) is 75.0 Å². The third-order valence-electron chi connectivity index (χ3n) is 4.35. The molecule has 174 valence electrons. The summed E-state index contributed by atoms with van der Waals surface area (Å²) in [6.45, 7) is 6.88. The number of carbonyl (C=O) groups is 1. The van der Waals surface area contributed by atoms with Crippen LogP contribution in [0.3, 0.4) is 0 Å². The number of fused-ring (bicyclic) bond motifs is 1. The minimum Gasteiger partial charge on any atom is -0.400 e. The SMILES string of the molecule is CCOP(=S)(OCC)OC1=N[N+](CSP(O)(=S)OCC)(C(C)C)C(=O)c2ccccc21. The van der Waals surface area contributed by atoms with Crippen LogP contribution in [0.2, 0.25) is 0 Å². The molecule has 1 amide bonds. The Hall–Kier alpha value is -0.190. The van der Waals surface area contributed by atoms with Crippen molar-refractivity contribution in [3.8, 4) is 0 Å². The van der Waals surface area contributed by atoms with Crippen LogP contribution >= 0.6 is 23.8 Å². The second-order valence-corrected chi connectivity index (χ2v) is 15.8. The maximum absolute atomic E-state index is 13.6. The molecule has 0 aromatic heterocycles. The van der Waals surface area contributed by atoms with Gasteiger partial charge in [-0.3, -0.25) is 9.05 Å². The van der Waals surface area contributed by atoms with Gasteiger partial charge in [0.15, 0.2) is 5.88 Å². The summed E-state index contributed by atoms with van der Waals surface area (Å²) in [7, 11) is 0. The van der Waals surface area contributed by atoms with E-state index in [1.54, 1.807) is 45.0 Å². The Morgan fingerprint density at radius 2 is 1.61 bits per heavy atom. The van der Waals surface area contributed by atoms with E-state index in [9.17, 15) is 9.69 Å². The fraction of sp³-hybridized carbons (Fsp3) is 0.556. The lowest BCUT2D eigenvalue weighted by Crippen LogP contribution is -2.56. The molecular weight excluding hydrogens is 498 g/mol. The molecule has 0 spiro atoms. The van der Waals surface area contributed by atoms with E-state index in [0.29, 0.717) is 24.3 Å². The van der Waals surface area contributed by atoms with E-state index < -0.39 is 12.4 Å². The number of hydrogen-bond donors (Lipinski definition) is 1. The summed E-state index contributed by atoms with van der Waals surface area (Å²) in [5.74, 6) is 0.0351. The van der Waals surface area contributed by atoms with E-state index >= 15 is 0 Å². The Morgan fingerprint density at radius 1 is 1.06 bits per heavy atom. The van der Waals surface area contributed by atoms with E-state index in [0.717, 1.165) is 11.4 Å². The van der Waals surface area contributed by atoms with Crippen molar-refractivity contribution in [2.75, 3.05) is 25.7 Å². The predicted molar refractivity (Wildman–Crippen MR) is 132 cm³/mol. The molecule has 1 N–H and O–H groups in total. The summed E-state index contributed by atoms with van der Waals surface area (Å²) in [5, 5.41) is 4.72. The zero-order valence-electron chi connectivity index (χ0n) is 18.2. The third-order valence-corrected chi connectivity index (χ3v) is 11.1. The Balaban J connectivity index is 2.57. The molecule has 1 aromatic carbocycles. The van der Waals surface area contributed by atoms with Gasteiger partial charge < -0.3 is 13.9 Å². The molecule has 0 bridgehead atoms. The lowest BCUT2D eigenvalue weighted by atomic mass is 10.0. The number of rotatable bonds is 11. The Bertz CT molecular complexity index is 919. The van der Waals surface area contributed by atoms with E-state index in [1.165, 1.54) is 0 Å². The van der Waals surface area contributed by atoms with Gasteiger partial charge in [-0.15, -0.1) is 4.59 Å². The third kappa shape index (κ3) is 6.44. The quantitative estimate of drug-likeness (QED) is 0.316. The van der Waals surface area contributed by atoms with Crippen LogP contribution in [-0.4, -0.2) is 53.0 Å². The van der Waals surface area contributed by atoms with Gasteiger partial charge in [-0.1, -0.05) is 12.1 Å². The fourth-order valence-electron chi connectivity index (χ4n) is 2.85. The number of hydrogen-bond acceptors (Lipinski definition) is 9. The lowest BCUT2D eigenvalue weighted by Gasteiger charge is -2.37. The fourth-order valence-corrected chi connectivity index (χ4v) is 8.30. The monoisotopic (exact) mass is 527 g/mol. The molecule has 2 atom stereocenters. The Morgan fingerprint density at radius 3 is 2.13 bits per heavy atom. The van der Waals surface area contributed by atoms with Gasteiger partial charge in [0.25, 0.3) is 5.90 Å². The lowest BCUT2D eigenvalue weighted by molar-refractivity contribution is -0.865. The first-order valence-corrected chi connectivity index (χ1v) is 16.7. The van der Waals surface area contributed by atoms with Gasteiger partial charge in [0.1, 0.15) is 6.04 Å². The van der Waals surface area contributed by atoms with Crippen LogP contribution in [-0.2, 0) is 41.7 Å². The summed E-state index contributed by atoms with van der Waals surface area (Å²) in [6, 6.07) is 6.77. The maximum Gasteiger partial charge on any atom is 0.381 e. The van der Waals surface area contributed by atoms with Gasteiger partial charge in [-0.25, -0.2) is 4.79 Å². The molecule has 1 aliphatic rings. The summed E-state index contributed by atoms with van der Waals surface area (Å²) in [4.78, 5) is 24.0. The summed E-state index contributed by atoms with van der Waals surface area (Å²) in [5.41, 5.74) is -2.16. The van der Waals surface area contributed by atoms with Gasteiger partial charge in [0.2, 0.25) is 5.69 Å². The van der Waals surface area contributed by atoms with Crippen molar-refractivity contribution in [1.29, 1.82) is 0 Å². The smallest absolute Gasteiger partial charge is 0.381 e. The van der Waals surface area contributed by atoms with Gasteiger partial charge >= 0.3 is 12.6 Å². The highest BCUT2D eigenvalue weighted by atomic mass is 32.9. The second-order valence-electron chi connectivity index (χ2n) is 6.69. The second kappa shape index (κ2) is 11.3. The first-order chi connectivity index (χ1) is 14.5. The van der Waals surface area contributed by atoms with E-state index in [-0.39, 0.29) is 34.9 Å². The Kier molecular flexibility index (Phi) is 9.86. The molecule has 13 heteroatoms. The van der Waals surface area contributed by atoms with Crippen molar-refractivity contribution in [2.24, 2.45) is 5.10 Å². The summed E-state index contributed by atoms with van der Waals surface area (Å²) in [6.07, 6.45) is 0. The topological polar surface area (TPSA) is 86.6 Å². The molecular formula is C18H29N2O6P2S3+. The number of benzene rings is 1. The molecule has 1 heterocycles. The van der Waals surface area contributed by atoms with Crippen molar-refractivity contribution in [3.63, 3.8) is 0 Å². The van der Waals surface area contributed by atoms with Crippen LogP contribution in [0.1, 0.15) is 50.5 Å². The van der Waals surface area contributed by atoms with Crippen molar-refractivity contribution < 1.29 is 32.4 Å². The molecule has 2 rings (SSSR count). The van der Waals surface area contributed by atoms with Crippen molar-refractivity contribution in [1.82, 2.24) is 0 Å². The predicted octanol–water partition coefficient (Wildman–Crippen LogP) is 4.99. The van der Waals surface area contributed by atoms with Gasteiger partial charge in [0, 0.05) is 11.8 Å². The molecule has 0 fully saturated rings. The summed E-state index contributed by atoms with van der Waals surface area (Å²) >= 11 is 11.8. The molecule has 8 nitrogen and oxygen atoms in total. The number of amides is 1. The zero-order valence-corrected chi connectivity index (χ0v) is 22.5. The van der Waals surface area contributed by atoms with Crippen LogP contribution in [0.4, 0.5) is 0 Å². The Labute approximate surface area is 198 Å². The minimum atomic E-state index is -3.13. The molecule has 0 aliphatic carbocycles. The molecule has 0 radical (unpaired) electrons. The van der Waals surface area contributed by atoms with Crippen molar-refractivity contribution in [3.05, 3.63) is 35.4 Å². The average Bonchev–Trinajstić information content (AvgIpc) is 2.69. The molecule has 1 aromatic rings. The largest absolute Gasteiger partial charge is 0.400 e. The van der Waals surface area contributed by atoms with E-state index in [1.807, 2.05) is 13.8 Å². The summed E-state index contributed by atoms with van der Waals surface area (Å²) < 4.78 is 22.3. The standard InChI is InChI=1S/C18H28N2O6P2S3/c1-6-23-27(22,29)31-13-20(14(4)5)18(21)16-12-10-9-11-15(16)17(19-20)26-28(30,24-7-2)25-8-3/h9-12,14H,6-8,13H2,1-5H3/p+1. The minimum absolute atomic E-state index is 0.0810. The molecule has 2 unspecified atom stereocenters. The highest BCUT2D eigenvalue weighted by molar-refractivity contribution is 8.67. The molecule has 0 saturated heterocycles. The number of quaternary nitrogens is 1. The van der Waals surface area contributed by atoms with E-state index in [2.05, 4.69) is 0 Å². The zero-order chi connectivity index (χ0) is 23.3. The highest BCUT2D eigenvalue weighted by Crippen LogP contribution is 2.57. The first-order valence-electron chi connectivity index (χ1n) is 9.87. The highest BCUT2D eigenvalue weighted by Gasteiger charge is 2.49. The average molecular weight is 528 g/mol. The van der Waals surface area contributed by atoms with Crippen LogP contribution < -0.4 is 0 Å². The van der Waals surface area contributed by atoms with Crippen molar-refractivity contribution in [2.45, 2.75) is 40.7 Å².